The fraction of sp³-hybridized carbons (Fsp3) is 0.190. The molecule has 2 aromatic heterocycles. The van der Waals surface area contributed by atoms with Crippen LogP contribution in [0.4, 0.5) is 4.39 Å². The zero-order valence-corrected chi connectivity index (χ0v) is 15.6. The Morgan fingerprint density at radius 2 is 1.85 bits per heavy atom. The number of para-hydroxylation sites is 1. The van der Waals surface area contributed by atoms with E-state index < -0.39 is 0 Å². The minimum absolute atomic E-state index is 0.273. The van der Waals surface area contributed by atoms with Gasteiger partial charge in [-0.25, -0.2) is 14.4 Å². The maximum Gasteiger partial charge on any atom is 0.251 e. The summed E-state index contributed by atoms with van der Waals surface area (Å²) in [4.78, 5) is 9.96. The Morgan fingerprint density at radius 3 is 2.59 bits per heavy atom. The van der Waals surface area contributed by atoms with Crippen LogP contribution in [0, 0.1) is 5.82 Å². The van der Waals surface area contributed by atoms with Crippen LogP contribution in [0.2, 0.25) is 0 Å². The minimum Gasteiger partial charge on any atom is -0.219 e. The van der Waals surface area contributed by atoms with Gasteiger partial charge in [0, 0.05) is 39.7 Å². The molecule has 0 atom stereocenters. The molecular weight excluding hydrogens is 359 g/mol. The number of fused-ring (bicyclic) bond motifs is 1. The van der Waals surface area contributed by atoms with E-state index >= 15 is 0 Å². The number of nitrogens with zero attached hydrogens (tertiary/aromatic N) is 4. The molecule has 1 saturated carbocycles. The highest BCUT2D eigenvalue weighted by molar-refractivity contribution is 7.98. The molecule has 0 bridgehead atoms. The summed E-state index contributed by atoms with van der Waals surface area (Å²) in [5.41, 5.74) is 3.29. The van der Waals surface area contributed by atoms with Gasteiger partial charge in [-0.05, 0) is 43.4 Å². The second-order valence-electron chi connectivity index (χ2n) is 6.71. The molecule has 134 valence electrons. The van der Waals surface area contributed by atoms with E-state index in [1.54, 1.807) is 34.9 Å². The second-order valence-corrected chi connectivity index (χ2v) is 7.59. The van der Waals surface area contributed by atoms with Crippen LogP contribution in [0.3, 0.4) is 0 Å². The van der Waals surface area contributed by atoms with Crippen molar-refractivity contribution < 1.29 is 4.39 Å². The predicted octanol–water partition coefficient (Wildman–Crippen LogP) is 5.22. The first-order valence-electron chi connectivity index (χ1n) is 8.88. The summed E-state index contributed by atoms with van der Waals surface area (Å²) in [5, 5.41) is 5.94. The van der Waals surface area contributed by atoms with Crippen LogP contribution >= 0.6 is 11.8 Å². The van der Waals surface area contributed by atoms with Crippen LogP contribution in [0.5, 0.6) is 0 Å². The first-order valence-corrected chi connectivity index (χ1v) is 10.1. The molecule has 2 heterocycles. The van der Waals surface area contributed by atoms with Crippen LogP contribution in [0.1, 0.15) is 24.5 Å². The molecule has 5 rings (SSSR count). The van der Waals surface area contributed by atoms with Crippen LogP contribution in [0.15, 0.2) is 59.8 Å². The molecule has 2 aromatic carbocycles. The van der Waals surface area contributed by atoms with Crippen molar-refractivity contribution in [1.82, 2.24) is 19.7 Å². The summed E-state index contributed by atoms with van der Waals surface area (Å²) < 4.78 is 16.0. The standard InChI is InChI=1S/C21H17FN4S/c1-27-15-8-9-18(22)17(10-15)14-11-23-21(24-12-14)26-19-5-3-2-4-16(19)20(25-26)13-6-7-13/h2-5,8-13H,6-7H2,1H3. The van der Waals surface area contributed by atoms with Crippen molar-refractivity contribution in [3.63, 3.8) is 0 Å². The van der Waals surface area contributed by atoms with Crippen LogP contribution in [0.25, 0.3) is 28.0 Å². The molecule has 6 heteroatoms. The SMILES string of the molecule is CSc1ccc(F)c(-c2cnc(-n3nc(C4CC4)c4ccccc43)nc2)c1. The van der Waals surface area contributed by atoms with E-state index in [-0.39, 0.29) is 5.82 Å². The molecule has 0 radical (unpaired) electrons. The molecule has 27 heavy (non-hydrogen) atoms. The van der Waals surface area contributed by atoms with E-state index in [1.807, 2.05) is 30.5 Å². The molecule has 0 spiro atoms. The van der Waals surface area contributed by atoms with Gasteiger partial charge in [0.05, 0.1) is 11.2 Å². The number of hydrogen-bond acceptors (Lipinski definition) is 4. The van der Waals surface area contributed by atoms with Crippen molar-refractivity contribution in [3.8, 4) is 17.1 Å². The number of thioether (sulfide) groups is 1. The molecule has 1 aliphatic rings. The lowest BCUT2D eigenvalue weighted by Gasteiger charge is -2.06. The lowest BCUT2D eigenvalue weighted by Crippen LogP contribution is -2.03. The third-order valence-electron chi connectivity index (χ3n) is 4.89. The molecule has 0 aliphatic heterocycles. The largest absolute Gasteiger partial charge is 0.251 e. The van der Waals surface area contributed by atoms with Crippen molar-refractivity contribution in [2.45, 2.75) is 23.7 Å². The summed E-state index contributed by atoms with van der Waals surface area (Å²) >= 11 is 1.58. The van der Waals surface area contributed by atoms with Gasteiger partial charge in [-0.3, -0.25) is 0 Å². The maximum atomic E-state index is 14.2. The van der Waals surface area contributed by atoms with Gasteiger partial charge in [-0.2, -0.15) is 9.78 Å². The van der Waals surface area contributed by atoms with Crippen LogP contribution in [-0.4, -0.2) is 26.0 Å². The fourth-order valence-corrected chi connectivity index (χ4v) is 3.76. The quantitative estimate of drug-likeness (QED) is 0.458. The molecule has 0 amide bonds. The van der Waals surface area contributed by atoms with Gasteiger partial charge in [-0.1, -0.05) is 18.2 Å². The number of benzene rings is 2. The number of halogens is 1. The van der Waals surface area contributed by atoms with Crippen molar-refractivity contribution in [3.05, 3.63) is 66.4 Å². The van der Waals surface area contributed by atoms with E-state index in [9.17, 15) is 4.39 Å². The van der Waals surface area contributed by atoms with Gasteiger partial charge in [0.2, 0.25) is 0 Å². The Hall–Kier alpha value is -2.73. The Labute approximate surface area is 160 Å². The highest BCUT2D eigenvalue weighted by atomic mass is 32.2. The molecule has 0 unspecified atom stereocenters. The fourth-order valence-electron chi connectivity index (χ4n) is 3.32. The maximum absolute atomic E-state index is 14.2. The smallest absolute Gasteiger partial charge is 0.219 e. The van der Waals surface area contributed by atoms with Crippen molar-refractivity contribution in [2.75, 3.05) is 6.26 Å². The Balaban J connectivity index is 1.58. The molecule has 0 saturated heterocycles. The highest BCUT2D eigenvalue weighted by Gasteiger charge is 2.29. The summed E-state index contributed by atoms with van der Waals surface area (Å²) in [6, 6.07) is 13.2. The van der Waals surface area contributed by atoms with E-state index in [4.69, 9.17) is 5.10 Å². The topological polar surface area (TPSA) is 43.6 Å². The van der Waals surface area contributed by atoms with Gasteiger partial charge in [0.25, 0.3) is 5.95 Å². The monoisotopic (exact) mass is 376 g/mol. The van der Waals surface area contributed by atoms with Crippen molar-refractivity contribution in [2.24, 2.45) is 0 Å². The average Bonchev–Trinajstić information content (AvgIpc) is 3.49. The van der Waals surface area contributed by atoms with Gasteiger partial charge in [0.15, 0.2) is 0 Å². The number of rotatable bonds is 4. The van der Waals surface area contributed by atoms with E-state index in [2.05, 4.69) is 16.0 Å². The Morgan fingerprint density at radius 1 is 1.07 bits per heavy atom. The normalized spacial score (nSPS) is 14.0. The third-order valence-corrected chi connectivity index (χ3v) is 5.62. The van der Waals surface area contributed by atoms with E-state index in [0.29, 0.717) is 23.0 Å². The summed E-state index contributed by atoms with van der Waals surface area (Å²) in [7, 11) is 0. The molecule has 1 aliphatic carbocycles. The summed E-state index contributed by atoms with van der Waals surface area (Å²) in [5.74, 6) is 0.770. The van der Waals surface area contributed by atoms with Crippen molar-refractivity contribution >= 4 is 22.7 Å². The van der Waals surface area contributed by atoms with Gasteiger partial charge in [-0.15, -0.1) is 11.8 Å². The number of aromatic nitrogens is 4. The van der Waals surface area contributed by atoms with Gasteiger partial charge in [0.1, 0.15) is 5.82 Å². The second kappa shape index (κ2) is 6.46. The van der Waals surface area contributed by atoms with Gasteiger partial charge < -0.3 is 0 Å². The van der Waals surface area contributed by atoms with Crippen LogP contribution < -0.4 is 0 Å². The Bertz CT molecular complexity index is 1130. The molecule has 4 nitrogen and oxygen atoms in total. The summed E-state index contributed by atoms with van der Waals surface area (Å²) in [6.07, 6.45) is 7.67. The molecular formula is C21H17FN4S. The molecule has 1 fully saturated rings. The van der Waals surface area contributed by atoms with Crippen molar-refractivity contribution in [1.29, 1.82) is 0 Å². The minimum atomic E-state index is -0.273. The molecule has 0 N–H and O–H groups in total. The first-order chi connectivity index (χ1) is 13.2. The highest BCUT2D eigenvalue weighted by Crippen LogP contribution is 2.42. The van der Waals surface area contributed by atoms with Gasteiger partial charge >= 0.3 is 0 Å². The lowest BCUT2D eigenvalue weighted by molar-refractivity contribution is 0.630. The first kappa shape index (κ1) is 16.4. The zero-order chi connectivity index (χ0) is 18.4. The lowest BCUT2D eigenvalue weighted by atomic mass is 10.1. The van der Waals surface area contributed by atoms with E-state index in [1.165, 1.54) is 18.9 Å². The predicted molar refractivity (Wildman–Crippen MR) is 106 cm³/mol. The Kier molecular flexibility index (Phi) is 3.93. The summed E-state index contributed by atoms with van der Waals surface area (Å²) in [6.45, 7) is 0. The zero-order valence-electron chi connectivity index (χ0n) is 14.8. The average molecular weight is 376 g/mol. The number of hydrogen-bond donors (Lipinski definition) is 0. The molecule has 4 aromatic rings. The third kappa shape index (κ3) is 2.90. The van der Waals surface area contributed by atoms with E-state index in [0.717, 1.165) is 21.5 Å². The van der Waals surface area contributed by atoms with Crippen LogP contribution in [-0.2, 0) is 0 Å².